The molecule has 9 N–H and O–H groups in total. The van der Waals surface area contributed by atoms with Crippen LogP contribution in [0, 0.1) is 46.7 Å². The number of β-lactam (4-membered cyclic amide) rings is 2. The Labute approximate surface area is 813 Å². The van der Waals surface area contributed by atoms with E-state index in [4.69, 9.17) is 15.2 Å². The largest absolute Gasteiger partial charge is 2.00 e. The topological polar surface area (TPSA) is 436 Å². The normalized spacial score (nSPS) is 16.1. The minimum atomic E-state index is -3.73. The smallest absolute Gasteiger partial charge is 0.550 e. The number of aliphatic hydroxyl groups excluding tert-OH is 6. The molecule has 38 heteroatoms. The summed E-state index contributed by atoms with van der Waals surface area (Å²) in [6.45, 7) is 7.45. The zero-order chi connectivity index (χ0) is 98.4. The number of rotatable bonds is 39. The molecular formula is C98H105CaF6N10O19S2+. The van der Waals surface area contributed by atoms with Crippen molar-refractivity contribution < 1.29 is 117 Å². The second kappa shape index (κ2) is 49.3. The fourth-order valence-corrected chi connectivity index (χ4v) is 15.8. The zero-order valence-electron chi connectivity index (χ0n) is 75.6. The summed E-state index contributed by atoms with van der Waals surface area (Å²) in [6.07, 6.45) is 0.722. The Morgan fingerprint density at radius 1 is 0.485 bits per heavy atom. The Balaban J connectivity index is 0.000000252. The predicted molar refractivity (Wildman–Crippen MR) is 498 cm³/mol. The molecule has 29 nitrogen and oxygen atoms in total. The maximum Gasteiger partial charge on any atom is 2.00 e. The number of nitrogens with zero attached hydrogens (tertiary/aromatic N) is 8. The number of carbonyl (C=O) groups excluding carboxylic acids is 6. The average Bonchev–Trinajstić information content (AvgIpc) is 0.740. The van der Waals surface area contributed by atoms with E-state index in [1.54, 1.807) is 70.5 Å². The SMILES string of the molecule is CC(C)c1nc(N(C)S(C)(=O)=O)nc(-c2ccc(F)cc2)c1/C=C/[C@@H](O)C[C@@H](O)CC(=O)NCCC(=O)Oc1ccc([C@@H]2[C@@H](CC[C@H](O)c3ccc(F)cc3)C(=O)N2c2ccc(F)cc2)cc1.CC(C)c1nc(N(C)S(C)(=O)=O)nc(-c2ccc(F)cc2)c1/C=C/[C@@H](O)C[C@@H](O)CC(=O)[O-].NCCC(=O)Oc1ccc([C@@H]2[C@@H](CC[C@H](O)c3ccc(F)cc3)C(=O)N2c2ccc(F)cc2)cc1.[Ca+2]. The van der Waals surface area contributed by atoms with Gasteiger partial charge < -0.3 is 70.9 Å². The van der Waals surface area contributed by atoms with Crippen LogP contribution in [-0.2, 0) is 48.8 Å². The van der Waals surface area contributed by atoms with Gasteiger partial charge in [-0.15, -0.1) is 0 Å². The summed E-state index contributed by atoms with van der Waals surface area (Å²) in [5.74, 6) is -7.05. The van der Waals surface area contributed by atoms with Crippen molar-refractivity contribution in [2.45, 2.75) is 152 Å². The Hall–Kier alpha value is -11.7. The molecule has 2 aliphatic heterocycles. The summed E-state index contributed by atoms with van der Waals surface area (Å²) in [4.78, 5) is 95.2. The number of carbonyl (C=O) groups is 6. The van der Waals surface area contributed by atoms with Crippen LogP contribution >= 0.6 is 0 Å². The standard InChI is InChI=1S/C49H52F3N5O9S.C27H26F2N2O4.C22H28FN3O6S.Ca/c1-29(2)45-40(46(31-7-13-34(51)14-8-31)55-49(54-45)56(3)67(4,64)65)22-19-37(58)27-38(59)28-43(61)53-26-25-44(62)66-39-20-9-32(10-21-39)47-41(23-24-42(60)30-5-11-33(50)12-6-30)48(63)57(47)36-17-15-35(52)16-18-36;28-19-5-1-17(2-6-19)24(32)14-13-23-26(31(27(23)34)21-9-7-20(29)8-10-21)18-3-11-22(12-4-18)35-25(33)15-16-30;1-13(2)20-18(10-9-16(27)11-17(28)12-19(29)30)21(14-5-7-15(23)8-6-14)25-22(24-20)26(3)33(4,31)32;/h5-22,29,37-38,41-42,47,58-60H,23-28H2,1-4H3,(H,53,61);1-12,23-24,26,32H,13-16,30H2;5-10,13,16-17,27-28H,11-12H2,1-4H3,(H,29,30);/q;;;+2/p-1/b22-19+;;10-9+;/t37-,38-,41-,42+,47-;23-,24+,26-;16-,17-;/m111./s1. The van der Waals surface area contributed by atoms with Crippen molar-refractivity contribution in [1.82, 2.24) is 25.3 Å². The molecule has 8 aromatic carbocycles. The first kappa shape index (κ1) is 108. The number of benzene rings is 8. The van der Waals surface area contributed by atoms with E-state index < -0.39 is 134 Å². The van der Waals surface area contributed by atoms with E-state index in [2.05, 4.69) is 25.3 Å². The molecule has 3 amide bonds. The minimum Gasteiger partial charge on any atom is -0.550 e. The molecule has 2 aromatic heterocycles. The molecule has 2 fully saturated rings. The number of nitrogens with two attached hydrogens (primary N) is 1. The van der Waals surface area contributed by atoms with Gasteiger partial charge in [-0.1, -0.05) is 101 Å². The van der Waals surface area contributed by atoms with Crippen LogP contribution in [0.2, 0.25) is 0 Å². The van der Waals surface area contributed by atoms with Gasteiger partial charge in [-0.25, -0.2) is 71.7 Å². The van der Waals surface area contributed by atoms with Crippen molar-refractivity contribution in [2.24, 2.45) is 17.6 Å². The average molecular weight is 1950 g/mol. The first-order valence-corrected chi connectivity index (χ1v) is 46.8. The number of hydrogen-bond acceptors (Lipinski definition) is 24. The Bertz CT molecular complexity index is 6070. The van der Waals surface area contributed by atoms with Gasteiger partial charge in [0.05, 0.1) is 115 Å². The van der Waals surface area contributed by atoms with Crippen molar-refractivity contribution in [3.8, 4) is 34.0 Å². The van der Waals surface area contributed by atoms with E-state index in [0.29, 0.717) is 92.4 Å². The van der Waals surface area contributed by atoms with Crippen molar-refractivity contribution >= 4 is 129 Å². The summed E-state index contributed by atoms with van der Waals surface area (Å²) in [6, 6.07) is 45.8. The molecule has 0 radical (unpaired) electrons. The number of sulfonamides is 2. The number of aliphatic carboxylic acids is 1. The number of aliphatic hydroxyl groups is 6. The molecule has 4 heterocycles. The van der Waals surface area contributed by atoms with E-state index in [1.165, 1.54) is 172 Å². The third-order valence-electron chi connectivity index (χ3n) is 22.2. The van der Waals surface area contributed by atoms with E-state index in [-0.39, 0.29) is 148 Å². The molecule has 0 unspecified atom stereocenters. The molecule has 0 saturated carbocycles. The van der Waals surface area contributed by atoms with Crippen LogP contribution in [0.1, 0.15) is 173 Å². The maximum absolute atomic E-state index is 13.8. The quantitative estimate of drug-likeness (QED) is 0.00583. The van der Waals surface area contributed by atoms with E-state index in [1.807, 2.05) is 27.7 Å². The van der Waals surface area contributed by atoms with Crippen LogP contribution < -0.4 is 44.0 Å². The summed E-state index contributed by atoms with van der Waals surface area (Å²) >= 11 is 0. The van der Waals surface area contributed by atoms with Gasteiger partial charge in [0.15, 0.2) is 0 Å². The van der Waals surface area contributed by atoms with E-state index >= 15 is 0 Å². The fraction of sp³-hybridized carbons (Fsp3) is 0.327. The number of hydrogen-bond donors (Lipinski definition) is 8. The molecule has 2 saturated heterocycles. The summed E-state index contributed by atoms with van der Waals surface area (Å²) in [7, 11) is -4.76. The number of nitrogens with one attached hydrogen (secondary N) is 1. The molecular weight excluding hydrogens is 1840 g/mol. The number of carboxylic acid groups (broad SMARTS) is 1. The number of amides is 3. The van der Waals surface area contributed by atoms with Crippen molar-refractivity contribution in [3.05, 3.63) is 286 Å². The van der Waals surface area contributed by atoms with E-state index in [9.17, 15) is 108 Å². The molecule has 136 heavy (non-hydrogen) atoms. The predicted octanol–water partition coefficient (Wildman–Crippen LogP) is 12.0. The maximum atomic E-state index is 13.8. The first-order chi connectivity index (χ1) is 63.9. The first-order valence-electron chi connectivity index (χ1n) is 43.1. The van der Waals surface area contributed by atoms with Gasteiger partial charge in [-0.3, -0.25) is 24.0 Å². The third kappa shape index (κ3) is 29.9. The molecule has 2 aliphatic rings. The van der Waals surface area contributed by atoms with Crippen LogP contribution in [0.5, 0.6) is 11.5 Å². The van der Waals surface area contributed by atoms with Crippen LogP contribution in [0.25, 0.3) is 34.7 Å². The van der Waals surface area contributed by atoms with Crippen LogP contribution in [-0.4, -0.2) is 205 Å². The number of anilines is 4. The second-order valence-corrected chi connectivity index (χ2v) is 37.1. The van der Waals surface area contributed by atoms with Crippen molar-refractivity contribution in [2.75, 3.05) is 58.1 Å². The molecule has 0 aliphatic carbocycles. The molecule has 12 rings (SSSR count). The van der Waals surface area contributed by atoms with Gasteiger partial charge in [0.1, 0.15) is 46.4 Å². The molecule has 716 valence electrons. The second-order valence-electron chi connectivity index (χ2n) is 33.0. The van der Waals surface area contributed by atoms with Gasteiger partial charge in [-0.05, 0) is 205 Å². The Morgan fingerprint density at radius 3 is 1.13 bits per heavy atom. The van der Waals surface area contributed by atoms with E-state index in [0.717, 1.165) is 26.7 Å². The minimum absolute atomic E-state index is 0. The Morgan fingerprint density at radius 2 is 0.809 bits per heavy atom. The molecule has 10 atom stereocenters. The van der Waals surface area contributed by atoms with Crippen molar-refractivity contribution in [3.63, 3.8) is 0 Å². The van der Waals surface area contributed by atoms with Gasteiger partial charge in [0, 0.05) is 86.0 Å². The Kier molecular flexibility index (Phi) is 39.2. The van der Waals surface area contributed by atoms with Gasteiger partial charge in [0.2, 0.25) is 49.7 Å². The molecule has 0 spiro atoms. The summed E-state index contributed by atoms with van der Waals surface area (Å²) in [5.41, 5.74) is 12.4. The van der Waals surface area contributed by atoms with Gasteiger partial charge in [0.25, 0.3) is 0 Å². The van der Waals surface area contributed by atoms with Crippen LogP contribution in [0.3, 0.4) is 0 Å². The van der Waals surface area contributed by atoms with Gasteiger partial charge >= 0.3 is 49.7 Å². The zero-order valence-corrected chi connectivity index (χ0v) is 79.5. The summed E-state index contributed by atoms with van der Waals surface area (Å²) < 4.78 is 143. The number of aromatic nitrogens is 4. The third-order valence-corrected chi connectivity index (χ3v) is 24.5. The number of ether oxygens (including phenoxy) is 2. The number of esters is 2. The molecule has 0 bridgehead atoms. The monoisotopic (exact) mass is 1940 g/mol. The fourth-order valence-electron chi connectivity index (χ4n) is 15.0. The van der Waals surface area contributed by atoms with Crippen LogP contribution in [0.15, 0.2) is 206 Å². The van der Waals surface area contributed by atoms with Gasteiger partial charge in [-0.2, -0.15) is 0 Å². The summed E-state index contributed by atoms with van der Waals surface area (Å²) in [5, 5.41) is 75.9. The number of halogens is 6. The molecule has 10 aromatic rings. The van der Waals surface area contributed by atoms with Crippen LogP contribution in [0.4, 0.5) is 49.6 Å². The number of carboxylic acids is 1. The van der Waals surface area contributed by atoms with Crippen molar-refractivity contribution in [1.29, 1.82) is 0 Å².